The van der Waals surface area contributed by atoms with Crippen LogP contribution in [0.1, 0.15) is 33.1 Å². The van der Waals surface area contributed by atoms with E-state index in [1.54, 1.807) is 13.8 Å². The van der Waals surface area contributed by atoms with Crippen LogP contribution in [-0.4, -0.2) is 25.6 Å². The van der Waals surface area contributed by atoms with Gasteiger partial charge in [-0.25, -0.2) is 0 Å². The molecule has 0 unspecified atom stereocenters. The minimum absolute atomic E-state index is 0.0538. The summed E-state index contributed by atoms with van der Waals surface area (Å²) >= 11 is 0. The SMILES string of the molecule is CC1(C)CCC(CO)=C(OS(=O)(=O)C(F)(F)F)C1. The molecule has 0 aliphatic heterocycles. The normalized spacial score (nSPS) is 21.0. The van der Waals surface area contributed by atoms with Crippen LogP contribution in [0.2, 0.25) is 0 Å². The van der Waals surface area contributed by atoms with Gasteiger partial charge in [-0.05, 0) is 23.8 Å². The Hall–Kier alpha value is -0.760. The van der Waals surface area contributed by atoms with Crippen LogP contribution >= 0.6 is 0 Å². The average molecular weight is 288 g/mol. The molecule has 1 rings (SSSR count). The molecule has 4 nitrogen and oxygen atoms in total. The van der Waals surface area contributed by atoms with Crippen molar-refractivity contribution >= 4 is 10.1 Å². The van der Waals surface area contributed by atoms with E-state index in [0.717, 1.165) is 0 Å². The number of halogens is 3. The van der Waals surface area contributed by atoms with Gasteiger partial charge < -0.3 is 9.29 Å². The van der Waals surface area contributed by atoms with Gasteiger partial charge in [0.25, 0.3) is 0 Å². The Kier molecular flexibility index (Phi) is 4.02. The van der Waals surface area contributed by atoms with Gasteiger partial charge in [0.2, 0.25) is 0 Å². The van der Waals surface area contributed by atoms with Crippen LogP contribution in [0.4, 0.5) is 13.2 Å². The molecule has 0 aromatic heterocycles. The van der Waals surface area contributed by atoms with Gasteiger partial charge >= 0.3 is 15.6 Å². The summed E-state index contributed by atoms with van der Waals surface area (Å²) in [6.45, 7) is 3.09. The van der Waals surface area contributed by atoms with Gasteiger partial charge in [-0.1, -0.05) is 13.8 Å². The van der Waals surface area contributed by atoms with Crippen LogP contribution in [-0.2, 0) is 14.3 Å². The van der Waals surface area contributed by atoms with Gasteiger partial charge in [0, 0.05) is 6.42 Å². The van der Waals surface area contributed by atoms with E-state index >= 15 is 0 Å². The van der Waals surface area contributed by atoms with Gasteiger partial charge in [0.05, 0.1) is 6.61 Å². The lowest BCUT2D eigenvalue weighted by Crippen LogP contribution is -2.29. The topological polar surface area (TPSA) is 63.6 Å². The van der Waals surface area contributed by atoms with Crippen LogP contribution in [0, 0.1) is 5.41 Å². The Labute approximate surface area is 104 Å². The van der Waals surface area contributed by atoms with Crippen molar-refractivity contribution in [2.24, 2.45) is 5.41 Å². The number of aliphatic hydroxyl groups excluding tert-OH is 1. The molecule has 0 aromatic carbocycles. The highest BCUT2D eigenvalue weighted by molar-refractivity contribution is 7.87. The van der Waals surface area contributed by atoms with Gasteiger partial charge in [-0.3, -0.25) is 0 Å². The standard InChI is InChI=1S/C10H15F3O4S/c1-9(2)4-3-7(6-14)8(5-9)17-18(15,16)10(11,12)13/h14H,3-6H2,1-2H3. The number of hydrogen-bond acceptors (Lipinski definition) is 4. The van der Waals surface area contributed by atoms with E-state index < -0.39 is 22.2 Å². The monoisotopic (exact) mass is 288 g/mol. The Morgan fingerprint density at radius 1 is 1.39 bits per heavy atom. The third-order valence-corrected chi connectivity index (χ3v) is 3.81. The quantitative estimate of drug-likeness (QED) is 0.639. The lowest BCUT2D eigenvalue weighted by Gasteiger charge is -2.32. The summed E-state index contributed by atoms with van der Waals surface area (Å²) in [6, 6.07) is 0. The van der Waals surface area contributed by atoms with Crippen LogP contribution < -0.4 is 0 Å². The number of hydrogen-bond donors (Lipinski definition) is 1. The first kappa shape index (κ1) is 15.3. The third kappa shape index (κ3) is 3.38. The summed E-state index contributed by atoms with van der Waals surface area (Å²) in [7, 11) is -5.66. The summed E-state index contributed by atoms with van der Waals surface area (Å²) in [6.07, 6.45) is 1.03. The second-order valence-electron chi connectivity index (χ2n) is 5.01. The Morgan fingerprint density at radius 2 is 1.94 bits per heavy atom. The molecular formula is C10H15F3O4S. The molecule has 0 saturated heterocycles. The van der Waals surface area contributed by atoms with E-state index in [1.165, 1.54) is 0 Å². The average Bonchev–Trinajstić information content (AvgIpc) is 2.14. The fourth-order valence-corrected chi connectivity index (χ4v) is 2.25. The van der Waals surface area contributed by atoms with E-state index in [0.29, 0.717) is 12.8 Å². The van der Waals surface area contributed by atoms with Gasteiger partial charge in [0.1, 0.15) is 5.76 Å². The molecule has 18 heavy (non-hydrogen) atoms. The lowest BCUT2D eigenvalue weighted by atomic mass is 9.77. The molecule has 106 valence electrons. The molecule has 0 fully saturated rings. The Morgan fingerprint density at radius 3 is 2.39 bits per heavy atom. The molecule has 0 saturated carbocycles. The second-order valence-corrected chi connectivity index (χ2v) is 6.55. The van der Waals surface area contributed by atoms with Crippen molar-refractivity contribution in [1.82, 2.24) is 0 Å². The molecule has 8 heteroatoms. The lowest BCUT2D eigenvalue weighted by molar-refractivity contribution is -0.0528. The number of alkyl halides is 3. The Bertz CT molecular complexity index is 448. The van der Waals surface area contributed by atoms with Crippen molar-refractivity contribution in [2.75, 3.05) is 6.61 Å². The Balaban J connectivity index is 3.04. The van der Waals surface area contributed by atoms with Crippen molar-refractivity contribution in [3.63, 3.8) is 0 Å². The minimum atomic E-state index is -5.66. The van der Waals surface area contributed by atoms with Crippen LogP contribution in [0.25, 0.3) is 0 Å². The molecular weight excluding hydrogens is 273 g/mol. The van der Waals surface area contributed by atoms with Gasteiger partial charge in [0.15, 0.2) is 0 Å². The van der Waals surface area contributed by atoms with Gasteiger partial charge in [-0.15, -0.1) is 0 Å². The molecule has 0 aromatic rings. The first-order chi connectivity index (χ1) is 7.98. The highest BCUT2D eigenvalue weighted by Crippen LogP contribution is 2.40. The van der Waals surface area contributed by atoms with Crippen molar-refractivity contribution in [1.29, 1.82) is 0 Å². The zero-order valence-corrected chi connectivity index (χ0v) is 10.9. The van der Waals surface area contributed by atoms with E-state index in [1.807, 2.05) is 0 Å². The first-order valence-electron chi connectivity index (χ1n) is 5.31. The summed E-state index contributed by atoms with van der Waals surface area (Å²) in [5.74, 6) is -0.286. The highest BCUT2D eigenvalue weighted by atomic mass is 32.2. The molecule has 0 amide bonds. The first-order valence-corrected chi connectivity index (χ1v) is 6.72. The maximum Gasteiger partial charge on any atom is 0.534 e. The van der Waals surface area contributed by atoms with E-state index in [9.17, 15) is 21.6 Å². The predicted molar refractivity (Wildman–Crippen MR) is 57.8 cm³/mol. The molecule has 0 spiro atoms. The van der Waals surface area contributed by atoms with E-state index in [4.69, 9.17) is 5.11 Å². The summed E-state index contributed by atoms with van der Waals surface area (Å²) in [4.78, 5) is 0. The summed E-state index contributed by atoms with van der Waals surface area (Å²) in [5, 5.41) is 9.02. The van der Waals surface area contributed by atoms with E-state index in [-0.39, 0.29) is 23.2 Å². The van der Waals surface area contributed by atoms with Crippen molar-refractivity contribution in [2.45, 2.75) is 38.6 Å². The second kappa shape index (κ2) is 4.73. The fraction of sp³-hybridized carbons (Fsp3) is 0.800. The molecule has 0 radical (unpaired) electrons. The van der Waals surface area contributed by atoms with E-state index in [2.05, 4.69) is 4.18 Å². The van der Waals surface area contributed by atoms with Crippen LogP contribution in [0.5, 0.6) is 0 Å². The zero-order chi connectivity index (χ0) is 14.2. The molecule has 0 heterocycles. The summed E-state index contributed by atoms with van der Waals surface area (Å²) < 4.78 is 62.7. The molecule has 0 bridgehead atoms. The summed E-state index contributed by atoms with van der Waals surface area (Å²) in [5.41, 5.74) is -5.60. The third-order valence-electron chi connectivity index (χ3n) is 2.82. The van der Waals surface area contributed by atoms with Crippen molar-refractivity contribution < 1.29 is 30.9 Å². The zero-order valence-electron chi connectivity index (χ0n) is 10.0. The van der Waals surface area contributed by atoms with Crippen LogP contribution in [0.15, 0.2) is 11.3 Å². The molecule has 1 aliphatic rings. The predicted octanol–water partition coefficient (Wildman–Crippen LogP) is 2.31. The molecule has 0 atom stereocenters. The highest BCUT2D eigenvalue weighted by Gasteiger charge is 2.49. The van der Waals surface area contributed by atoms with Crippen molar-refractivity contribution in [3.05, 3.63) is 11.3 Å². The maximum absolute atomic E-state index is 12.2. The molecule has 1 N–H and O–H groups in total. The number of allylic oxidation sites excluding steroid dienone is 1. The van der Waals surface area contributed by atoms with Gasteiger partial charge in [-0.2, -0.15) is 21.6 Å². The fourth-order valence-electron chi connectivity index (χ4n) is 1.71. The van der Waals surface area contributed by atoms with Crippen LogP contribution in [0.3, 0.4) is 0 Å². The van der Waals surface area contributed by atoms with Crippen molar-refractivity contribution in [3.8, 4) is 0 Å². The molecule has 1 aliphatic carbocycles. The number of rotatable bonds is 3. The smallest absolute Gasteiger partial charge is 0.392 e. The number of aliphatic hydroxyl groups is 1. The minimum Gasteiger partial charge on any atom is -0.392 e. The largest absolute Gasteiger partial charge is 0.534 e. The maximum atomic E-state index is 12.2.